The number of ether oxygens (including phenoxy) is 1. The molecule has 0 saturated carbocycles. The Labute approximate surface area is 110 Å². The van der Waals surface area contributed by atoms with Crippen molar-refractivity contribution in [2.45, 2.75) is 46.3 Å². The van der Waals surface area contributed by atoms with E-state index in [1.54, 1.807) is 0 Å². The molecule has 0 bridgehead atoms. The maximum absolute atomic E-state index is 5.47. The Kier molecular flexibility index (Phi) is 4.78. The van der Waals surface area contributed by atoms with Crippen LogP contribution in [0.3, 0.4) is 0 Å². The standard InChI is InChI=1S/C14H25N3O/c1-4-17-10-14(7-15-17)9-16(12(2)3)8-13-5-6-18-11-13/h7,10,12-13H,4-6,8-9,11H2,1-3H3. The summed E-state index contributed by atoms with van der Waals surface area (Å²) in [7, 11) is 0. The number of aryl methyl sites for hydroxylation is 1. The van der Waals surface area contributed by atoms with Crippen LogP contribution in [0.25, 0.3) is 0 Å². The average Bonchev–Trinajstić information content (AvgIpc) is 2.99. The van der Waals surface area contributed by atoms with Crippen molar-refractivity contribution in [2.24, 2.45) is 5.92 Å². The van der Waals surface area contributed by atoms with E-state index in [9.17, 15) is 0 Å². The minimum Gasteiger partial charge on any atom is -0.381 e. The fourth-order valence-corrected chi connectivity index (χ4v) is 2.41. The molecule has 1 aliphatic rings. The van der Waals surface area contributed by atoms with Crippen molar-refractivity contribution < 1.29 is 4.74 Å². The lowest BCUT2D eigenvalue weighted by Crippen LogP contribution is -2.35. The molecule has 1 atom stereocenters. The van der Waals surface area contributed by atoms with Crippen LogP contribution < -0.4 is 0 Å². The van der Waals surface area contributed by atoms with Gasteiger partial charge < -0.3 is 4.74 Å². The van der Waals surface area contributed by atoms with E-state index in [0.29, 0.717) is 12.0 Å². The van der Waals surface area contributed by atoms with E-state index in [0.717, 1.165) is 32.8 Å². The summed E-state index contributed by atoms with van der Waals surface area (Å²) in [4.78, 5) is 2.52. The summed E-state index contributed by atoms with van der Waals surface area (Å²) in [5, 5.41) is 4.34. The average molecular weight is 251 g/mol. The Hall–Kier alpha value is -0.870. The second-order valence-corrected chi connectivity index (χ2v) is 5.46. The zero-order valence-electron chi connectivity index (χ0n) is 11.8. The summed E-state index contributed by atoms with van der Waals surface area (Å²) in [6, 6.07) is 0.565. The van der Waals surface area contributed by atoms with Gasteiger partial charge in [0.25, 0.3) is 0 Å². The third-order valence-electron chi connectivity index (χ3n) is 3.64. The molecule has 4 nitrogen and oxygen atoms in total. The zero-order chi connectivity index (χ0) is 13.0. The van der Waals surface area contributed by atoms with Gasteiger partial charge in [0.15, 0.2) is 0 Å². The minimum atomic E-state index is 0.565. The lowest BCUT2D eigenvalue weighted by Gasteiger charge is -2.28. The minimum absolute atomic E-state index is 0.565. The van der Waals surface area contributed by atoms with Gasteiger partial charge in [-0.3, -0.25) is 9.58 Å². The first-order valence-electron chi connectivity index (χ1n) is 7.02. The van der Waals surface area contributed by atoms with E-state index in [2.05, 4.69) is 37.0 Å². The SMILES string of the molecule is CCn1cc(CN(CC2CCOC2)C(C)C)cn1. The summed E-state index contributed by atoms with van der Waals surface area (Å²) >= 11 is 0. The fourth-order valence-electron chi connectivity index (χ4n) is 2.41. The molecule has 1 aromatic rings. The van der Waals surface area contributed by atoms with Crippen LogP contribution in [0.2, 0.25) is 0 Å². The van der Waals surface area contributed by atoms with Crippen molar-refractivity contribution in [3.05, 3.63) is 18.0 Å². The molecule has 1 aliphatic heterocycles. The van der Waals surface area contributed by atoms with E-state index in [-0.39, 0.29) is 0 Å². The Morgan fingerprint density at radius 3 is 2.94 bits per heavy atom. The van der Waals surface area contributed by atoms with Gasteiger partial charge in [-0.15, -0.1) is 0 Å². The largest absolute Gasteiger partial charge is 0.381 e. The Bertz CT molecular complexity index is 356. The molecule has 0 spiro atoms. The van der Waals surface area contributed by atoms with Crippen LogP contribution in [0.1, 0.15) is 32.8 Å². The van der Waals surface area contributed by atoms with Gasteiger partial charge in [-0.1, -0.05) is 0 Å². The molecule has 0 aliphatic carbocycles. The maximum Gasteiger partial charge on any atom is 0.0534 e. The Morgan fingerprint density at radius 1 is 1.56 bits per heavy atom. The Morgan fingerprint density at radius 2 is 2.39 bits per heavy atom. The summed E-state index contributed by atoms with van der Waals surface area (Å²) in [6.07, 6.45) is 5.35. The van der Waals surface area contributed by atoms with E-state index in [1.807, 2.05) is 10.9 Å². The molecule has 1 saturated heterocycles. The number of aromatic nitrogens is 2. The summed E-state index contributed by atoms with van der Waals surface area (Å²) < 4.78 is 7.46. The molecule has 18 heavy (non-hydrogen) atoms. The van der Waals surface area contributed by atoms with Crippen molar-refractivity contribution in [3.8, 4) is 0 Å². The van der Waals surface area contributed by atoms with E-state index < -0.39 is 0 Å². The van der Waals surface area contributed by atoms with Gasteiger partial charge >= 0.3 is 0 Å². The summed E-state index contributed by atoms with van der Waals surface area (Å²) in [5.41, 5.74) is 1.31. The van der Waals surface area contributed by atoms with Gasteiger partial charge in [0.1, 0.15) is 0 Å². The molecule has 1 unspecified atom stereocenters. The van der Waals surface area contributed by atoms with Gasteiger partial charge in [0, 0.05) is 44.0 Å². The molecule has 2 heterocycles. The molecule has 0 N–H and O–H groups in total. The van der Waals surface area contributed by atoms with E-state index in [4.69, 9.17) is 4.74 Å². The highest BCUT2D eigenvalue weighted by atomic mass is 16.5. The molecule has 0 radical (unpaired) electrons. The van der Waals surface area contributed by atoms with Crippen molar-refractivity contribution in [1.82, 2.24) is 14.7 Å². The van der Waals surface area contributed by atoms with Gasteiger partial charge in [-0.05, 0) is 33.1 Å². The van der Waals surface area contributed by atoms with Crippen molar-refractivity contribution in [1.29, 1.82) is 0 Å². The third kappa shape index (κ3) is 3.56. The first-order chi connectivity index (χ1) is 8.69. The molecular weight excluding hydrogens is 226 g/mol. The molecule has 0 amide bonds. The molecule has 4 heteroatoms. The second kappa shape index (κ2) is 6.34. The monoisotopic (exact) mass is 251 g/mol. The van der Waals surface area contributed by atoms with E-state index in [1.165, 1.54) is 12.0 Å². The summed E-state index contributed by atoms with van der Waals surface area (Å²) in [6.45, 7) is 11.6. The smallest absolute Gasteiger partial charge is 0.0534 e. The maximum atomic E-state index is 5.47. The highest BCUT2D eigenvalue weighted by Crippen LogP contribution is 2.17. The normalized spacial score (nSPS) is 20.2. The Balaban J connectivity index is 1.92. The van der Waals surface area contributed by atoms with Gasteiger partial charge in [-0.2, -0.15) is 5.10 Å². The van der Waals surface area contributed by atoms with Crippen LogP contribution in [-0.4, -0.2) is 40.5 Å². The molecule has 2 rings (SSSR count). The molecule has 0 aromatic carbocycles. The van der Waals surface area contributed by atoms with Crippen LogP contribution in [0.5, 0.6) is 0 Å². The number of rotatable bonds is 6. The van der Waals surface area contributed by atoms with Crippen molar-refractivity contribution >= 4 is 0 Å². The highest BCUT2D eigenvalue weighted by Gasteiger charge is 2.21. The molecule has 102 valence electrons. The van der Waals surface area contributed by atoms with Crippen LogP contribution in [0, 0.1) is 5.92 Å². The van der Waals surface area contributed by atoms with Crippen LogP contribution in [-0.2, 0) is 17.8 Å². The molecule has 1 fully saturated rings. The first kappa shape index (κ1) is 13.6. The zero-order valence-corrected chi connectivity index (χ0v) is 11.8. The highest BCUT2D eigenvalue weighted by molar-refractivity contribution is 5.04. The second-order valence-electron chi connectivity index (χ2n) is 5.46. The summed E-state index contributed by atoms with van der Waals surface area (Å²) in [5.74, 6) is 0.702. The third-order valence-corrected chi connectivity index (χ3v) is 3.64. The predicted molar refractivity (Wildman–Crippen MR) is 72.4 cm³/mol. The number of nitrogens with zero attached hydrogens (tertiary/aromatic N) is 3. The number of hydrogen-bond donors (Lipinski definition) is 0. The topological polar surface area (TPSA) is 30.3 Å². The van der Waals surface area contributed by atoms with E-state index >= 15 is 0 Å². The molecular formula is C14H25N3O. The fraction of sp³-hybridized carbons (Fsp3) is 0.786. The van der Waals surface area contributed by atoms with Gasteiger partial charge in [0.2, 0.25) is 0 Å². The van der Waals surface area contributed by atoms with Gasteiger partial charge in [-0.25, -0.2) is 0 Å². The molecule has 1 aromatic heterocycles. The van der Waals surface area contributed by atoms with Crippen molar-refractivity contribution in [2.75, 3.05) is 19.8 Å². The number of hydrogen-bond acceptors (Lipinski definition) is 3. The first-order valence-corrected chi connectivity index (χ1v) is 7.02. The quantitative estimate of drug-likeness (QED) is 0.776. The van der Waals surface area contributed by atoms with Crippen LogP contribution in [0.4, 0.5) is 0 Å². The predicted octanol–water partition coefficient (Wildman–Crippen LogP) is 2.15. The van der Waals surface area contributed by atoms with Crippen LogP contribution >= 0.6 is 0 Å². The van der Waals surface area contributed by atoms with Gasteiger partial charge in [0.05, 0.1) is 12.8 Å². The lowest BCUT2D eigenvalue weighted by molar-refractivity contribution is 0.148. The lowest BCUT2D eigenvalue weighted by atomic mass is 10.1. The van der Waals surface area contributed by atoms with Crippen molar-refractivity contribution in [3.63, 3.8) is 0 Å². The van der Waals surface area contributed by atoms with Crippen LogP contribution in [0.15, 0.2) is 12.4 Å².